The van der Waals surface area contributed by atoms with E-state index in [0.29, 0.717) is 24.3 Å². The number of Topliss-reactive ketones (excluding diaryl/α,β-unsaturated/α-hetero) is 1. The van der Waals surface area contributed by atoms with Crippen LogP contribution >= 0.6 is 0 Å². The monoisotopic (exact) mass is 285 g/mol. The molecule has 2 heterocycles. The molecule has 0 aromatic heterocycles. The Morgan fingerprint density at radius 2 is 1.90 bits per heavy atom. The smallest absolute Gasteiger partial charge is 0.139 e. The molecule has 2 atom stereocenters. The van der Waals surface area contributed by atoms with Crippen molar-refractivity contribution in [2.24, 2.45) is 5.92 Å². The van der Waals surface area contributed by atoms with Crippen LogP contribution < -0.4 is 0 Å². The molecule has 3 nitrogen and oxygen atoms in total. The van der Waals surface area contributed by atoms with Crippen molar-refractivity contribution in [3.8, 4) is 0 Å². The van der Waals surface area contributed by atoms with E-state index < -0.39 is 0 Å². The normalized spacial score (nSPS) is 29.0. The molecule has 0 amide bonds. The first kappa shape index (κ1) is 14.5. The highest BCUT2D eigenvalue weighted by Crippen LogP contribution is 2.33. The molecule has 1 aromatic rings. The fourth-order valence-electron chi connectivity index (χ4n) is 3.61. The molecule has 0 radical (unpaired) electrons. The molecule has 0 aliphatic carbocycles. The molecule has 112 valence electrons. The molecule has 2 unspecified atom stereocenters. The zero-order valence-corrected chi connectivity index (χ0v) is 12.4. The molecule has 2 bridgehead atoms. The van der Waals surface area contributed by atoms with E-state index in [2.05, 4.69) is 35.7 Å². The Labute approximate surface area is 126 Å². The summed E-state index contributed by atoms with van der Waals surface area (Å²) >= 11 is 0. The van der Waals surface area contributed by atoms with Crippen LogP contribution in [0.5, 0.6) is 0 Å². The van der Waals surface area contributed by atoms with Gasteiger partial charge in [-0.1, -0.05) is 36.4 Å². The molecule has 1 aromatic carbocycles. The van der Waals surface area contributed by atoms with Crippen LogP contribution in [-0.4, -0.2) is 36.0 Å². The zero-order valence-electron chi connectivity index (χ0n) is 12.4. The fraction of sp³-hybridized carbons (Fsp3) is 0.500. The summed E-state index contributed by atoms with van der Waals surface area (Å²) in [5.74, 6) is 0.537. The lowest BCUT2D eigenvalue weighted by molar-refractivity contribution is -0.132. The van der Waals surface area contributed by atoms with Crippen molar-refractivity contribution in [3.05, 3.63) is 48.6 Å². The number of fused-ring (bicyclic) bond motifs is 2. The van der Waals surface area contributed by atoms with Gasteiger partial charge in [0.1, 0.15) is 5.78 Å². The van der Waals surface area contributed by atoms with E-state index >= 15 is 0 Å². The molecule has 2 aliphatic heterocycles. The highest BCUT2D eigenvalue weighted by molar-refractivity contribution is 5.82. The third-order valence-electron chi connectivity index (χ3n) is 4.68. The Morgan fingerprint density at radius 1 is 1.24 bits per heavy atom. The van der Waals surface area contributed by atoms with Crippen LogP contribution in [0.4, 0.5) is 0 Å². The molecular weight excluding hydrogens is 262 g/mol. The average Bonchev–Trinajstić information content (AvgIpc) is 2.48. The van der Waals surface area contributed by atoms with Gasteiger partial charge in [-0.05, 0) is 18.4 Å². The minimum atomic E-state index is 0.189. The standard InChI is InChI=1S/C18H23NO2/c1-2-6-18(20)15-9-16-12-21-13-17(10-15)19(16)11-14-7-4-3-5-8-14/h2-5,7-8,15-17H,1,6,9-13H2. The molecule has 0 N–H and O–H groups in total. The summed E-state index contributed by atoms with van der Waals surface area (Å²) in [6.07, 6.45) is 4.08. The molecular formula is C18H23NO2. The second kappa shape index (κ2) is 6.54. The van der Waals surface area contributed by atoms with Gasteiger partial charge < -0.3 is 4.74 Å². The van der Waals surface area contributed by atoms with Gasteiger partial charge in [0, 0.05) is 31.0 Å². The number of carbonyl (C=O) groups is 1. The van der Waals surface area contributed by atoms with Crippen LogP contribution in [0.1, 0.15) is 24.8 Å². The maximum absolute atomic E-state index is 12.2. The maximum atomic E-state index is 12.2. The van der Waals surface area contributed by atoms with Crippen LogP contribution in [0.2, 0.25) is 0 Å². The number of hydrogen-bond donors (Lipinski definition) is 0. The van der Waals surface area contributed by atoms with Crippen LogP contribution in [-0.2, 0) is 16.1 Å². The lowest BCUT2D eigenvalue weighted by Gasteiger charge is -2.48. The second-order valence-electron chi connectivity index (χ2n) is 6.13. The lowest BCUT2D eigenvalue weighted by atomic mass is 9.81. The van der Waals surface area contributed by atoms with Crippen molar-refractivity contribution in [2.75, 3.05) is 13.2 Å². The third-order valence-corrected chi connectivity index (χ3v) is 4.68. The number of morpholine rings is 1. The predicted octanol–water partition coefficient (Wildman–Crippen LogP) is 2.81. The van der Waals surface area contributed by atoms with E-state index in [9.17, 15) is 4.79 Å². The summed E-state index contributed by atoms with van der Waals surface area (Å²) < 4.78 is 5.72. The SMILES string of the molecule is C=CCC(=O)C1CC2COCC(C1)N2Cc1ccccc1. The summed E-state index contributed by atoms with van der Waals surface area (Å²) in [6, 6.07) is 11.3. The fourth-order valence-corrected chi connectivity index (χ4v) is 3.61. The minimum absolute atomic E-state index is 0.189. The molecule has 2 saturated heterocycles. The minimum Gasteiger partial charge on any atom is -0.378 e. The first-order valence-electron chi connectivity index (χ1n) is 7.79. The Balaban J connectivity index is 1.70. The van der Waals surface area contributed by atoms with Crippen molar-refractivity contribution >= 4 is 5.78 Å². The second-order valence-corrected chi connectivity index (χ2v) is 6.13. The van der Waals surface area contributed by atoms with E-state index in [0.717, 1.165) is 32.6 Å². The molecule has 3 heteroatoms. The number of ether oxygens (including phenoxy) is 1. The van der Waals surface area contributed by atoms with Gasteiger partial charge in [0.25, 0.3) is 0 Å². The average molecular weight is 285 g/mol. The molecule has 3 rings (SSSR count). The van der Waals surface area contributed by atoms with Gasteiger partial charge in [0.15, 0.2) is 0 Å². The number of benzene rings is 1. The van der Waals surface area contributed by atoms with E-state index in [4.69, 9.17) is 4.74 Å². The number of piperidine rings is 1. The quantitative estimate of drug-likeness (QED) is 0.779. The van der Waals surface area contributed by atoms with Gasteiger partial charge >= 0.3 is 0 Å². The van der Waals surface area contributed by atoms with Crippen molar-refractivity contribution < 1.29 is 9.53 Å². The molecule has 0 saturated carbocycles. The van der Waals surface area contributed by atoms with Gasteiger partial charge in [0.2, 0.25) is 0 Å². The highest BCUT2D eigenvalue weighted by Gasteiger charge is 2.40. The van der Waals surface area contributed by atoms with Gasteiger partial charge in [-0.15, -0.1) is 6.58 Å². The number of hydrogen-bond acceptors (Lipinski definition) is 3. The van der Waals surface area contributed by atoms with Crippen LogP contribution in [0, 0.1) is 5.92 Å². The number of allylic oxidation sites excluding steroid dienone is 1. The topological polar surface area (TPSA) is 29.5 Å². The van der Waals surface area contributed by atoms with E-state index in [1.807, 2.05) is 6.07 Å². The van der Waals surface area contributed by atoms with E-state index in [1.165, 1.54) is 5.56 Å². The first-order chi connectivity index (χ1) is 10.3. The number of carbonyl (C=O) groups excluding carboxylic acids is 1. The summed E-state index contributed by atoms with van der Waals surface area (Å²) in [7, 11) is 0. The lowest BCUT2D eigenvalue weighted by Crippen LogP contribution is -2.57. The van der Waals surface area contributed by atoms with Crippen molar-refractivity contribution in [3.63, 3.8) is 0 Å². The van der Waals surface area contributed by atoms with Crippen LogP contribution in [0.3, 0.4) is 0 Å². The molecule has 2 fully saturated rings. The van der Waals surface area contributed by atoms with Gasteiger partial charge in [-0.2, -0.15) is 0 Å². The Bertz CT molecular complexity index is 485. The van der Waals surface area contributed by atoms with Gasteiger partial charge in [-0.3, -0.25) is 9.69 Å². The molecule has 2 aliphatic rings. The third kappa shape index (κ3) is 3.25. The van der Waals surface area contributed by atoms with E-state index in [-0.39, 0.29) is 5.92 Å². The summed E-state index contributed by atoms with van der Waals surface area (Å²) in [4.78, 5) is 14.7. The Hall–Kier alpha value is -1.45. The summed E-state index contributed by atoms with van der Waals surface area (Å²) in [5.41, 5.74) is 1.34. The number of rotatable bonds is 5. The van der Waals surface area contributed by atoms with E-state index in [1.54, 1.807) is 6.08 Å². The highest BCUT2D eigenvalue weighted by atomic mass is 16.5. The largest absolute Gasteiger partial charge is 0.378 e. The Morgan fingerprint density at radius 3 is 2.52 bits per heavy atom. The van der Waals surface area contributed by atoms with Crippen molar-refractivity contribution in [1.29, 1.82) is 0 Å². The first-order valence-corrected chi connectivity index (χ1v) is 7.79. The summed E-state index contributed by atoms with van der Waals surface area (Å²) in [6.45, 7) is 6.15. The van der Waals surface area contributed by atoms with Crippen molar-refractivity contribution in [1.82, 2.24) is 4.90 Å². The predicted molar refractivity (Wildman–Crippen MR) is 82.9 cm³/mol. The number of ketones is 1. The van der Waals surface area contributed by atoms with Crippen LogP contribution in [0.15, 0.2) is 43.0 Å². The maximum Gasteiger partial charge on any atom is 0.139 e. The van der Waals surface area contributed by atoms with Gasteiger partial charge in [0.05, 0.1) is 13.2 Å². The molecule has 0 spiro atoms. The number of nitrogens with zero attached hydrogens (tertiary/aromatic N) is 1. The molecule has 21 heavy (non-hydrogen) atoms. The van der Waals surface area contributed by atoms with Crippen LogP contribution in [0.25, 0.3) is 0 Å². The Kier molecular flexibility index (Phi) is 4.51. The summed E-state index contributed by atoms with van der Waals surface area (Å²) in [5, 5.41) is 0. The zero-order chi connectivity index (χ0) is 14.7. The van der Waals surface area contributed by atoms with Crippen molar-refractivity contribution in [2.45, 2.75) is 37.9 Å². The van der Waals surface area contributed by atoms with Gasteiger partial charge in [-0.25, -0.2) is 0 Å².